The Bertz CT molecular complexity index is 310. The first-order valence-corrected chi connectivity index (χ1v) is 6.09. The van der Waals surface area contributed by atoms with Crippen LogP contribution in [0.2, 0.25) is 0 Å². The summed E-state index contributed by atoms with van der Waals surface area (Å²) in [6.45, 7) is 7.73. The van der Waals surface area contributed by atoms with Crippen molar-refractivity contribution in [2.24, 2.45) is 0 Å². The summed E-state index contributed by atoms with van der Waals surface area (Å²) in [6, 6.07) is -0.214. The molecule has 1 N–H and O–H groups in total. The highest BCUT2D eigenvalue weighted by Crippen LogP contribution is 2.15. The number of hydrogen-bond acceptors (Lipinski definition) is 5. The largest absolute Gasteiger partial charge is 0.464 e. The van der Waals surface area contributed by atoms with Crippen molar-refractivity contribution in [1.29, 1.82) is 0 Å². The molecule has 1 aliphatic heterocycles. The Morgan fingerprint density at radius 1 is 1.39 bits per heavy atom. The number of rotatable bonds is 3. The maximum absolute atomic E-state index is 11.5. The Hall–Kier alpha value is -1.30. The predicted octanol–water partition coefficient (Wildman–Crippen LogP) is 1.23. The average molecular weight is 259 g/mol. The molecule has 1 rings (SSSR count). The lowest BCUT2D eigenvalue weighted by atomic mass is 10.2. The monoisotopic (exact) mass is 259 g/mol. The van der Waals surface area contributed by atoms with E-state index in [4.69, 9.17) is 14.2 Å². The van der Waals surface area contributed by atoms with Gasteiger partial charge in [0.25, 0.3) is 0 Å². The van der Waals surface area contributed by atoms with E-state index in [0.29, 0.717) is 19.6 Å². The van der Waals surface area contributed by atoms with E-state index in [9.17, 15) is 9.59 Å². The van der Waals surface area contributed by atoms with Crippen LogP contribution in [-0.4, -0.2) is 43.0 Å². The minimum absolute atomic E-state index is 0.214. The number of carbonyl (C=O) groups is 2. The van der Waals surface area contributed by atoms with E-state index in [2.05, 4.69) is 5.32 Å². The molecule has 0 aromatic heterocycles. The summed E-state index contributed by atoms with van der Waals surface area (Å²) in [5.74, 6) is -0.383. The fourth-order valence-corrected chi connectivity index (χ4v) is 1.60. The number of carbonyl (C=O) groups excluding carboxylic acids is 2. The van der Waals surface area contributed by atoms with E-state index in [0.717, 1.165) is 0 Å². The molecule has 0 bridgehead atoms. The van der Waals surface area contributed by atoms with Gasteiger partial charge in [0.15, 0.2) is 6.10 Å². The van der Waals surface area contributed by atoms with Crippen LogP contribution in [0.4, 0.5) is 4.79 Å². The first kappa shape index (κ1) is 14.8. The van der Waals surface area contributed by atoms with Crippen LogP contribution in [-0.2, 0) is 19.0 Å². The molecule has 1 amide bonds. The van der Waals surface area contributed by atoms with Crippen molar-refractivity contribution >= 4 is 12.1 Å². The third kappa shape index (κ3) is 4.91. The molecule has 1 fully saturated rings. The van der Waals surface area contributed by atoms with Crippen LogP contribution in [0.5, 0.6) is 0 Å². The minimum Gasteiger partial charge on any atom is -0.464 e. The fraction of sp³-hybridized carbons (Fsp3) is 0.833. The summed E-state index contributed by atoms with van der Waals surface area (Å²) in [7, 11) is 0. The van der Waals surface area contributed by atoms with Gasteiger partial charge in [-0.1, -0.05) is 0 Å². The smallest absolute Gasteiger partial charge is 0.407 e. The second-order valence-electron chi connectivity index (χ2n) is 5.15. The quantitative estimate of drug-likeness (QED) is 0.772. The summed E-state index contributed by atoms with van der Waals surface area (Å²) in [5.41, 5.74) is -0.538. The van der Waals surface area contributed by atoms with Gasteiger partial charge in [0, 0.05) is 6.42 Å². The molecule has 1 unspecified atom stereocenters. The highest BCUT2D eigenvalue weighted by molar-refractivity contribution is 5.75. The van der Waals surface area contributed by atoms with Crippen LogP contribution in [0.15, 0.2) is 0 Å². The molecule has 6 nitrogen and oxygen atoms in total. The SMILES string of the molecule is CCOC(=O)[C@H]1CC(NC(=O)OC(C)(C)C)CO1. The zero-order valence-electron chi connectivity index (χ0n) is 11.3. The third-order valence-electron chi connectivity index (χ3n) is 2.27. The number of nitrogens with one attached hydrogen (secondary N) is 1. The molecule has 18 heavy (non-hydrogen) atoms. The van der Waals surface area contributed by atoms with Crippen molar-refractivity contribution in [3.8, 4) is 0 Å². The Morgan fingerprint density at radius 3 is 2.61 bits per heavy atom. The lowest BCUT2D eigenvalue weighted by Gasteiger charge is -2.21. The van der Waals surface area contributed by atoms with Gasteiger partial charge in [-0.05, 0) is 27.7 Å². The van der Waals surface area contributed by atoms with Gasteiger partial charge in [0.05, 0.1) is 19.3 Å². The molecule has 1 heterocycles. The van der Waals surface area contributed by atoms with Gasteiger partial charge in [-0.3, -0.25) is 0 Å². The van der Waals surface area contributed by atoms with Crippen molar-refractivity contribution < 1.29 is 23.8 Å². The Labute approximate surface area is 107 Å². The van der Waals surface area contributed by atoms with Crippen LogP contribution in [0, 0.1) is 0 Å². The van der Waals surface area contributed by atoms with Crippen LogP contribution >= 0.6 is 0 Å². The number of amides is 1. The standard InChI is InChI=1S/C12H21NO5/c1-5-16-10(14)9-6-8(7-17-9)13-11(15)18-12(2,3)4/h8-9H,5-7H2,1-4H3,(H,13,15)/t8?,9-/m1/s1. The highest BCUT2D eigenvalue weighted by atomic mass is 16.6. The zero-order chi connectivity index (χ0) is 13.8. The first-order valence-electron chi connectivity index (χ1n) is 6.09. The molecule has 1 saturated heterocycles. The summed E-state index contributed by atoms with van der Waals surface area (Å²) >= 11 is 0. The van der Waals surface area contributed by atoms with E-state index in [1.54, 1.807) is 27.7 Å². The van der Waals surface area contributed by atoms with Gasteiger partial charge in [-0.15, -0.1) is 0 Å². The molecule has 0 aromatic carbocycles. The van der Waals surface area contributed by atoms with Crippen molar-refractivity contribution in [3.05, 3.63) is 0 Å². The fourth-order valence-electron chi connectivity index (χ4n) is 1.60. The zero-order valence-corrected chi connectivity index (χ0v) is 11.3. The molecular weight excluding hydrogens is 238 g/mol. The highest BCUT2D eigenvalue weighted by Gasteiger charge is 2.33. The number of ether oxygens (including phenoxy) is 3. The Morgan fingerprint density at radius 2 is 2.06 bits per heavy atom. The molecule has 6 heteroatoms. The van der Waals surface area contributed by atoms with E-state index in [-0.39, 0.29) is 12.0 Å². The van der Waals surface area contributed by atoms with Gasteiger partial charge in [0.1, 0.15) is 5.60 Å². The molecule has 104 valence electrons. The summed E-state index contributed by atoms with van der Waals surface area (Å²) < 4.78 is 15.2. The maximum Gasteiger partial charge on any atom is 0.407 e. The molecule has 1 aliphatic rings. The van der Waals surface area contributed by atoms with Gasteiger partial charge in [-0.2, -0.15) is 0 Å². The van der Waals surface area contributed by atoms with Crippen LogP contribution in [0.25, 0.3) is 0 Å². The number of esters is 1. The average Bonchev–Trinajstić information content (AvgIpc) is 2.63. The topological polar surface area (TPSA) is 73.9 Å². The van der Waals surface area contributed by atoms with Crippen LogP contribution in [0.1, 0.15) is 34.1 Å². The minimum atomic E-state index is -0.593. The summed E-state index contributed by atoms with van der Waals surface area (Å²) in [4.78, 5) is 22.9. The summed E-state index contributed by atoms with van der Waals surface area (Å²) in [5, 5.41) is 2.67. The second-order valence-corrected chi connectivity index (χ2v) is 5.15. The molecule has 0 spiro atoms. The van der Waals surface area contributed by atoms with Gasteiger partial charge >= 0.3 is 12.1 Å². The van der Waals surface area contributed by atoms with Crippen molar-refractivity contribution in [1.82, 2.24) is 5.32 Å². The predicted molar refractivity (Wildman–Crippen MR) is 64.1 cm³/mol. The second kappa shape index (κ2) is 6.04. The molecular formula is C12H21NO5. The van der Waals surface area contributed by atoms with E-state index < -0.39 is 17.8 Å². The van der Waals surface area contributed by atoms with E-state index in [1.165, 1.54) is 0 Å². The van der Waals surface area contributed by atoms with E-state index >= 15 is 0 Å². The Kier molecular flexibility index (Phi) is 4.95. The molecule has 2 atom stereocenters. The molecule has 0 saturated carbocycles. The molecule has 0 radical (unpaired) electrons. The first-order chi connectivity index (χ1) is 8.31. The summed E-state index contributed by atoms with van der Waals surface area (Å²) in [6.07, 6.45) is -0.677. The van der Waals surface area contributed by atoms with Gasteiger partial charge < -0.3 is 19.5 Å². The number of alkyl carbamates (subject to hydrolysis) is 1. The maximum atomic E-state index is 11.5. The lowest BCUT2D eigenvalue weighted by molar-refractivity contribution is -0.153. The third-order valence-corrected chi connectivity index (χ3v) is 2.27. The Balaban J connectivity index is 2.34. The van der Waals surface area contributed by atoms with Gasteiger partial charge in [0.2, 0.25) is 0 Å². The normalized spacial score (nSPS) is 23.6. The van der Waals surface area contributed by atoms with Crippen LogP contribution < -0.4 is 5.32 Å². The molecule has 0 aliphatic carbocycles. The van der Waals surface area contributed by atoms with Crippen LogP contribution in [0.3, 0.4) is 0 Å². The van der Waals surface area contributed by atoms with Crippen molar-refractivity contribution in [2.45, 2.75) is 51.9 Å². The number of hydrogen-bond donors (Lipinski definition) is 1. The molecule has 0 aromatic rings. The van der Waals surface area contributed by atoms with Crippen molar-refractivity contribution in [3.63, 3.8) is 0 Å². The lowest BCUT2D eigenvalue weighted by Crippen LogP contribution is -2.39. The van der Waals surface area contributed by atoms with Crippen molar-refractivity contribution in [2.75, 3.05) is 13.2 Å². The van der Waals surface area contributed by atoms with E-state index in [1.807, 2.05) is 0 Å². The van der Waals surface area contributed by atoms with Gasteiger partial charge in [-0.25, -0.2) is 9.59 Å².